The van der Waals surface area contributed by atoms with Crippen molar-refractivity contribution in [1.29, 1.82) is 0 Å². The maximum absolute atomic E-state index is 11.1. The minimum Gasteiger partial charge on any atom is -0.480 e. The average molecular weight is 221 g/mol. The number of likely N-dealkylation sites (N-methyl/N-ethyl adjacent to an activating group) is 1. The fourth-order valence-electron chi connectivity index (χ4n) is 1.73. The second-order valence-corrected chi connectivity index (χ2v) is 4.38. The van der Waals surface area contributed by atoms with Crippen LogP contribution in [0.4, 0.5) is 0 Å². The van der Waals surface area contributed by atoms with Crippen molar-refractivity contribution in [1.82, 2.24) is 4.90 Å². The second kappa shape index (κ2) is 5.12. The van der Waals surface area contributed by atoms with Crippen LogP contribution in [0.1, 0.15) is 16.7 Å². The highest BCUT2D eigenvalue weighted by atomic mass is 16.4. The largest absolute Gasteiger partial charge is 0.480 e. The van der Waals surface area contributed by atoms with Gasteiger partial charge in [-0.2, -0.15) is 0 Å². The maximum atomic E-state index is 11.1. The maximum Gasteiger partial charge on any atom is 0.321 e. The van der Waals surface area contributed by atoms with Crippen molar-refractivity contribution in [3.05, 3.63) is 34.9 Å². The highest BCUT2D eigenvalue weighted by Crippen LogP contribution is 2.16. The molecule has 3 heteroatoms. The predicted octanol–water partition coefficient (Wildman–Crippen LogP) is 1.86. The van der Waals surface area contributed by atoms with Crippen LogP contribution in [0.2, 0.25) is 0 Å². The van der Waals surface area contributed by atoms with Crippen molar-refractivity contribution < 1.29 is 9.90 Å². The standard InChI is InChI=1S/C13H19NO2/c1-9-6-5-7-11(10(9)2)8-12(13(15)16)14(3)4/h5-7,12H,8H2,1-4H3,(H,15,16). The average Bonchev–Trinajstić information content (AvgIpc) is 2.19. The summed E-state index contributed by atoms with van der Waals surface area (Å²) in [4.78, 5) is 12.8. The zero-order valence-corrected chi connectivity index (χ0v) is 10.3. The van der Waals surface area contributed by atoms with Crippen molar-refractivity contribution in [3.63, 3.8) is 0 Å². The summed E-state index contributed by atoms with van der Waals surface area (Å²) >= 11 is 0. The van der Waals surface area contributed by atoms with Crippen molar-refractivity contribution in [2.24, 2.45) is 0 Å². The quantitative estimate of drug-likeness (QED) is 0.843. The van der Waals surface area contributed by atoms with Gasteiger partial charge in [0.15, 0.2) is 0 Å². The normalized spacial score (nSPS) is 12.8. The summed E-state index contributed by atoms with van der Waals surface area (Å²) < 4.78 is 0. The number of nitrogens with zero attached hydrogens (tertiary/aromatic N) is 1. The number of carboxylic acids is 1. The topological polar surface area (TPSA) is 40.5 Å². The van der Waals surface area contributed by atoms with Gasteiger partial charge in [-0.25, -0.2) is 0 Å². The first kappa shape index (κ1) is 12.7. The van der Waals surface area contributed by atoms with Crippen LogP contribution in [-0.4, -0.2) is 36.1 Å². The number of hydrogen-bond acceptors (Lipinski definition) is 2. The van der Waals surface area contributed by atoms with Crippen LogP contribution in [0.25, 0.3) is 0 Å². The SMILES string of the molecule is Cc1cccc(CC(C(=O)O)N(C)C)c1C. The molecule has 1 aromatic carbocycles. The van der Waals surface area contributed by atoms with Crippen LogP contribution in [0, 0.1) is 13.8 Å². The summed E-state index contributed by atoms with van der Waals surface area (Å²) in [5.41, 5.74) is 3.51. The van der Waals surface area contributed by atoms with E-state index in [1.165, 1.54) is 11.1 Å². The lowest BCUT2D eigenvalue weighted by Crippen LogP contribution is -2.37. The molecule has 0 saturated carbocycles. The molecule has 88 valence electrons. The first-order chi connectivity index (χ1) is 7.43. The minimum atomic E-state index is -0.772. The number of benzene rings is 1. The monoisotopic (exact) mass is 221 g/mol. The Kier molecular flexibility index (Phi) is 4.07. The number of aliphatic carboxylic acids is 1. The third-order valence-corrected chi connectivity index (χ3v) is 3.04. The van der Waals surface area contributed by atoms with E-state index in [2.05, 4.69) is 0 Å². The molecule has 0 aliphatic heterocycles. The molecule has 1 rings (SSSR count). The number of rotatable bonds is 4. The van der Waals surface area contributed by atoms with Gasteiger partial charge in [-0.3, -0.25) is 9.69 Å². The summed E-state index contributed by atoms with van der Waals surface area (Å²) in [6.07, 6.45) is 0.551. The van der Waals surface area contributed by atoms with Crippen molar-refractivity contribution in [3.8, 4) is 0 Å². The van der Waals surface area contributed by atoms with Gasteiger partial charge in [0.25, 0.3) is 0 Å². The van der Waals surface area contributed by atoms with Crippen molar-refractivity contribution in [2.45, 2.75) is 26.3 Å². The Balaban J connectivity index is 2.94. The molecule has 1 aromatic rings. The van der Waals surface area contributed by atoms with E-state index in [0.29, 0.717) is 6.42 Å². The van der Waals surface area contributed by atoms with Crippen LogP contribution in [0.15, 0.2) is 18.2 Å². The number of carboxylic acid groups (broad SMARTS) is 1. The number of hydrogen-bond donors (Lipinski definition) is 1. The van der Waals surface area contributed by atoms with Gasteiger partial charge in [-0.1, -0.05) is 18.2 Å². The van der Waals surface area contributed by atoms with Crippen molar-refractivity contribution in [2.75, 3.05) is 14.1 Å². The summed E-state index contributed by atoms with van der Waals surface area (Å²) in [6.45, 7) is 4.09. The molecular weight excluding hydrogens is 202 g/mol. The summed E-state index contributed by atoms with van der Waals surface area (Å²) in [6, 6.07) is 5.57. The second-order valence-electron chi connectivity index (χ2n) is 4.38. The Bertz CT molecular complexity index is 386. The van der Waals surface area contributed by atoms with E-state index >= 15 is 0 Å². The van der Waals surface area contributed by atoms with E-state index in [1.807, 2.05) is 32.0 Å². The lowest BCUT2D eigenvalue weighted by Gasteiger charge is -2.21. The predicted molar refractivity (Wildman–Crippen MR) is 64.7 cm³/mol. The van der Waals surface area contributed by atoms with Crippen LogP contribution in [0.3, 0.4) is 0 Å². The molecule has 0 aromatic heterocycles. The van der Waals surface area contributed by atoms with E-state index in [0.717, 1.165) is 5.56 Å². The molecule has 0 aliphatic carbocycles. The number of aryl methyl sites for hydroxylation is 1. The van der Waals surface area contributed by atoms with Gasteiger partial charge in [0.05, 0.1) is 0 Å². The molecule has 1 unspecified atom stereocenters. The Morgan fingerprint density at radius 2 is 2.00 bits per heavy atom. The highest BCUT2D eigenvalue weighted by molar-refractivity contribution is 5.74. The molecule has 0 bridgehead atoms. The van der Waals surface area contributed by atoms with Gasteiger partial charge in [-0.15, -0.1) is 0 Å². The van der Waals surface area contributed by atoms with Gasteiger partial charge >= 0.3 is 5.97 Å². The van der Waals surface area contributed by atoms with Crippen molar-refractivity contribution >= 4 is 5.97 Å². The first-order valence-electron chi connectivity index (χ1n) is 5.37. The Morgan fingerprint density at radius 1 is 1.38 bits per heavy atom. The third-order valence-electron chi connectivity index (χ3n) is 3.04. The Hall–Kier alpha value is -1.35. The molecule has 1 atom stereocenters. The highest BCUT2D eigenvalue weighted by Gasteiger charge is 2.20. The zero-order chi connectivity index (χ0) is 12.3. The fraction of sp³-hybridized carbons (Fsp3) is 0.462. The van der Waals surface area contributed by atoms with E-state index < -0.39 is 12.0 Å². The molecule has 16 heavy (non-hydrogen) atoms. The molecule has 0 heterocycles. The molecule has 0 fully saturated rings. The van der Waals surface area contributed by atoms with E-state index in [4.69, 9.17) is 5.11 Å². The lowest BCUT2D eigenvalue weighted by molar-refractivity contribution is -0.142. The molecular formula is C13H19NO2. The Labute approximate surface area is 96.7 Å². The number of carbonyl (C=O) groups is 1. The molecule has 0 saturated heterocycles. The zero-order valence-electron chi connectivity index (χ0n) is 10.3. The van der Waals surface area contributed by atoms with Gasteiger partial charge in [0.2, 0.25) is 0 Å². The minimum absolute atomic E-state index is 0.458. The van der Waals surface area contributed by atoms with Crippen LogP contribution >= 0.6 is 0 Å². The molecule has 0 radical (unpaired) electrons. The van der Waals surface area contributed by atoms with Crippen LogP contribution < -0.4 is 0 Å². The van der Waals surface area contributed by atoms with E-state index in [-0.39, 0.29) is 0 Å². The lowest BCUT2D eigenvalue weighted by atomic mass is 9.97. The molecule has 3 nitrogen and oxygen atoms in total. The van der Waals surface area contributed by atoms with Gasteiger partial charge in [-0.05, 0) is 51.1 Å². The molecule has 0 spiro atoms. The first-order valence-corrected chi connectivity index (χ1v) is 5.37. The fourth-order valence-corrected chi connectivity index (χ4v) is 1.73. The van der Waals surface area contributed by atoms with Crippen LogP contribution in [0.5, 0.6) is 0 Å². The van der Waals surface area contributed by atoms with Gasteiger partial charge in [0.1, 0.15) is 6.04 Å². The van der Waals surface area contributed by atoms with Gasteiger partial charge < -0.3 is 5.11 Å². The van der Waals surface area contributed by atoms with E-state index in [1.54, 1.807) is 19.0 Å². The summed E-state index contributed by atoms with van der Waals surface area (Å²) in [5.74, 6) is -0.772. The molecule has 1 N–H and O–H groups in total. The molecule has 0 aliphatic rings. The van der Waals surface area contributed by atoms with Crippen LogP contribution in [-0.2, 0) is 11.2 Å². The Morgan fingerprint density at radius 3 is 2.50 bits per heavy atom. The third kappa shape index (κ3) is 2.83. The smallest absolute Gasteiger partial charge is 0.321 e. The molecule has 0 amide bonds. The van der Waals surface area contributed by atoms with Gasteiger partial charge in [0, 0.05) is 0 Å². The summed E-state index contributed by atoms with van der Waals surface area (Å²) in [5, 5.41) is 9.12. The summed E-state index contributed by atoms with van der Waals surface area (Å²) in [7, 11) is 3.59. The van der Waals surface area contributed by atoms with E-state index in [9.17, 15) is 4.79 Å².